The zero-order valence-corrected chi connectivity index (χ0v) is 14.7. The lowest BCUT2D eigenvalue weighted by molar-refractivity contribution is -0.146. The van der Waals surface area contributed by atoms with Gasteiger partial charge in [-0.05, 0) is 30.3 Å². The molecular formula is C18H17F2NO4S. The van der Waals surface area contributed by atoms with Crippen LogP contribution in [0, 0.1) is 0 Å². The molecule has 2 aromatic rings. The Kier molecular flexibility index (Phi) is 7.40. The number of hydrogen-bond donors (Lipinski definition) is 1. The van der Waals surface area contributed by atoms with E-state index in [1.807, 2.05) is 0 Å². The summed E-state index contributed by atoms with van der Waals surface area (Å²) in [4.78, 5) is 24.1. The predicted molar refractivity (Wildman–Crippen MR) is 94.6 cm³/mol. The number of amides is 1. The van der Waals surface area contributed by atoms with Crippen LogP contribution in [0.15, 0.2) is 53.4 Å². The summed E-state index contributed by atoms with van der Waals surface area (Å²) >= 11 is 0.418. The zero-order valence-electron chi connectivity index (χ0n) is 13.9. The van der Waals surface area contributed by atoms with Crippen molar-refractivity contribution in [2.24, 2.45) is 0 Å². The van der Waals surface area contributed by atoms with Crippen LogP contribution in [-0.4, -0.2) is 31.4 Å². The van der Waals surface area contributed by atoms with Gasteiger partial charge in [0.2, 0.25) is 0 Å². The van der Waals surface area contributed by atoms with Crippen LogP contribution in [0.1, 0.15) is 5.56 Å². The Hall–Kier alpha value is -2.61. The summed E-state index contributed by atoms with van der Waals surface area (Å²) in [5.74, 6) is -3.02. The van der Waals surface area contributed by atoms with E-state index in [4.69, 9.17) is 9.47 Å². The summed E-state index contributed by atoms with van der Waals surface area (Å²) in [5.41, 5.74) is 1.09. The number of carbonyl (C=O) groups is 2. The number of benzene rings is 2. The number of nitrogens with one attached hydrogen (secondary N) is 1. The number of esters is 1. The van der Waals surface area contributed by atoms with Crippen molar-refractivity contribution >= 4 is 29.3 Å². The smallest absolute Gasteiger partial charge is 0.310 e. The number of anilines is 1. The maximum absolute atomic E-state index is 12.2. The van der Waals surface area contributed by atoms with E-state index in [1.165, 1.54) is 31.4 Å². The fraction of sp³-hybridized carbons (Fsp3) is 0.222. The first-order valence-corrected chi connectivity index (χ1v) is 8.48. The number of alkyl halides is 2. The second-order valence-electron chi connectivity index (χ2n) is 5.10. The Bertz CT molecular complexity index is 753. The van der Waals surface area contributed by atoms with Crippen molar-refractivity contribution in [3.8, 4) is 5.75 Å². The Labute approximate surface area is 153 Å². The molecule has 0 aliphatic rings. The van der Waals surface area contributed by atoms with Crippen molar-refractivity contribution in [1.82, 2.24) is 0 Å². The van der Waals surface area contributed by atoms with Gasteiger partial charge in [-0.1, -0.05) is 30.0 Å². The molecule has 0 radical (unpaired) electrons. The lowest BCUT2D eigenvalue weighted by atomic mass is 10.1. The van der Waals surface area contributed by atoms with Gasteiger partial charge in [-0.2, -0.15) is 8.78 Å². The number of methoxy groups -OCH3 is 1. The highest BCUT2D eigenvalue weighted by molar-refractivity contribution is 7.99. The van der Waals surface area contributed by atoms with E-state index < -0.39 is 24.2 Å². The van der Waals surface area contributed by atoms with Crippen LogP contribution in [0.2, 0.25) is 0 Å². The summed E-state index contributed by atoms with van der Waals surface area (Å²) in [6.45, 7) is -0.443. The van der Waals surface area contributed by atoms with Crippen LogP contribution < -0.4 is 10.1 Å². The molecule has 8 heteroatoms. The molecule has 0 bridgehead atoms. The summed E-state index contributed by atoms with van der Waals surface area (Å²) in [5, 5.41) is 2.53. The molecule has 1 N–H and O–H groups in total. The highest BCUT2D eigenvalue weighted by Crippen LogP contribution is 2.26. The van der Waals surface area contributed by atoms with Crippen LogP contribution in [0.5, 0.6) is 5.75 Å². The third kappa shape index (κ3) is 6.36. The molecule has 0 aliphatic heterocycles. The molecule has 26 heavy (non-hydrogen) atoms. The van der Waals surface area contributed by atoms with Crippen molar-refractivity contribution in [3.63, 3.8) is 0 Å². The van der Waals surface area contributed by atoms with Crippen LogP contribution >= 0.6 is 11.8 Å². The molecule has 2 rings (SSSR count). The minimum Gasteiger partial charge on any atom is -0.496 e. The normalized spacial score (nSPS) is 10.5. The van der Waals surface area contributed by atoms with Gasteiger partial charge in [-0.25, -0.2) is 0 Å². The highest BCUT2D eigenvalue weighted by atomic mass is 32.2. The van der Waals surface area contributed by atoms with Gasteiger partial charge in [0.1, 0.15) is 5.75 Å². The minimum atomic E-state index is -2.50. The third-order valence-corrected chi connectivity index (χ3v) is 3.98. The maximum Gasteiger partial charge on any atom is 0.310 e. The number of para-hydroxylation sites is 1. The highest BCUT2D eigenvalue weighted by Gasteiger charge is 2.12. The third-order valence-electron chi connectivity index (χ3n) is 3.25. The fourth-order valence-electron chi connectivity index (χ4n) is 2.12. The monoisotopic (exact) mass is 381 g/mol. The van der Waals surface area contributed by atoms with Crippen molar-refractivity contribution in [1.29, 1.82) is 0 Å². The molecule has 0 atom stereocenters. The number of ether oxygens (including phenoxy) is 2. The molecule has 0 unspecified atom stereocenters. The number of hydrogen-bond acceptors (Lipinski definition) is 5. The van der Waals surface area contributed by atoms with Gasteiger partial charge in [0.05, 0.1) is 13.5 Å². The lowest BCUT2D eigenvalue weighted by Gasteiger charge is -2.09. The first kappa shape index (κ1) is 19.7. The standard InChI is InChI=1S/C18H17F2NO4S/c1-24-15-5-3-2-4-12(15)10-17(23)25-11-16(22)21-13-6-8-14(9-7-13)26-18(19)20/h2-9,18H,10-11H2,1H3,(H,21,22). The van der Waals surface area contributed by atoms with Gasteiger partial charge in [-0.15, -0.1) is 0 Å². The topological polar surface area (TPSA) is 64.6 Å². The van der Waals surface area contributed by atoms with Crippen molar-refractivity contribution in [2.75, 3.05) is 19.0 Å². The molecule has 138 valence electrons. The molecule has 0 aliphatic carbocycles. The van der Waals surface area contributed by atoms with Gasteiger partial charge < -0.3 is 14.8 Å². The average Bonchev–Trinajstić information content (AvgIpc) is 2.62. The molecule has 0 spiro atoms. The Morgan fingerprint density at radius 3 is 2.46 bits per heavy atom. The van der Waals surface area contributed by atoms with Gasteiger partial charge in [0, 0.05) is 16.1 Å². The predicted octanol–water partition coefficient (Wildman–Crippen LogP) is 3.73. The van der Waals surface area contributed by atoms with Crippen molar-refractivity contribution < 1.29 is 27.8 Å². The van der Waals surface area contributed by atoms with Crippen molar-refractivity contribution in [3.05, 3.63) is 54.1 Å². The Morgan fingerprint density at radius 2 is 1.81 bits per heavy atom. The van der Waals surface area contributed by atoms with Crippen LogP contribution in [0.25, 0.3) is 0 Å². The Morgan fingerprint density at radius 1 is 1.12 bits per heavy atom. The number of thioether (sulfide) groups is 1. The largest absolute Gasteiger partial charge is 0.496 e. The van der Waals surface area contributed by atoms with Crippen LogP contribution in [0.3, 0.4) is 0 Å². The molecule has 0 fully saturated rings. The number of carbonyl (C=O) groups excluding carboxylic acids is 2. The molecule has 1 amide bonds. The van der Waals surface area contributed by atoms with Crippen LogP contribution in [-0.2, 0) is 20.7 Å². The number of rotatable bonds is 8. The maximum atomic E-state index is 12.2. The summed E-state index contributed by atoms with van der Waals surface area (Å²) in [6, 6.07) is 13.0. The SMILES string of the molecule is COc1ccccc1CC(=O)OCC(=O)Nc1ccc(SC(F)F)cc1. The quantitative estimate of drug-likeness (QED) is 0.558. The second-order valence-corrected chi connectivity index (χ2v) is 6.16. The first-order valence-electron chi connectivity index (χ1n) is 7.60. The first-order chi connectivity index (χ1) is 12.5. The molecule has 0 heterocycles. The van der Waals surface area contributed by atoms with E-state index in [1.54, 1.807) is 24.3 Å². The molecule has 0 saturated heterocycles. The second kappa shape index (κ2) is 9.76. The van der Waals surface area contributed by atoms with E-state index in [2.05, 4.69) is 5.32 Å². The Balaban J connectivity index is 1.80. The van der Waals surface area contributed by atoms with Gasteiger partial charge in [0.15, 0.2) is 6.61 Å². The van der Waals surface area contributed by atoms with Gasteiger partial charge in [-0.3, -0.25) is 9.59 Å². The van der Waals surface area contributed by atoms with E-state index >= 15 is 0 Å². The summed E-state index contributed by atoms with van der Waals surface area (Å²) < 4.78 is 34.6. The molecule has 0 saturated carbocycles. The van der Waals surface area contributed by atoms with E-state index in [-0.39, 0.29) is 6.42 Å². The zero-order chi connectivity index (χ0) is 18.9. The average molecular weight is 381 g/mol. The van der Waals surface area contributed by atoms with Gasteiger partial charge >= 0.3 is 5.97 Å². The molecule has 2 aromatic carbocycles. The molecular weight excluding hydrogens is 364 g/mol. The van der Waals surface area contributed by atoms with Gasteiger partial charge in [0.25, 0.3) is 11.7 Å². The minimum absolute atomic E-state index is 0.0170. The fourth-order valence-corrected chi connectivity index (χ4v) is 2.62. The lowest BCUT2D eigenvalue weighted by Crippen LogP contribution is -2.21. The number of halogens is 2. The summed E-state index contributed by atoms with van der Waals surface area (Å²) in [6.07, 6.45) is -0.0170. The van der Waals surface area contributed by atoms with E-state index in [0.29, 0.717) is 33.7 Å². The molecule has 0 aromatic heterocycles. The van der Waals surface area contributed by atoms with E-state index in [0.717, 1.165) is 0 Å². The molecule has 5 nitrogen and oxygen atoms in total. The van der Waals surface area contributed by atoms with Crippen LogP contribution in [0.4, 0.5) is 14.5 Å². The summed E-state index contributed by atoms with van der Waals surface area (Å²) in [7, 11) is 1.50. The van der Waals surface area contributed by atoms with E-state index in [9.17, 15) is 18.4 Å². The van der Waals surface area contributed by atoms with Crippen molar-refractivity contribution in [2.45, 2.75) is 17.1 Å².